The van der Waals surface area contributed by atoms with Gasteiger partial charge >= 0.3 is 5.97 Å². The van der Waals surface area contributed by atoms with E-state index in [1.54, 1.807) is 0 Å². The van der Waals surface area contributed by atoms with Crippen molar-refractivity contribution in [2.45, 2.75) is 39.3 Å². The SMILES string of the molecule is Cc1cc(C(C)NCC(O)CC(=O)O)c(C)o1. The quantitative estimate of drug-likeness (QED) is 0.701. The summed E-state index contributed by atoms with van der Waals surface area (Å²) in [6.07, 6.45) is -1.12. The zero-order chi connectivity index (χ0) is 13.0. The van der Waals surface area contributed by atoms with Crippen molar-refractivity contribution in [1.82, 2.24) is 5.32 Å². The largest absolute Gasteiger partial charge is 0.481 e. The number of hydrogen-bond donors (Lipinski definition) is 3. The summed E-state index contributed by atoms with van der Waals surface area (Å²) in [5.41, 5.74) is 1.03. The van der Waals surface area contributed by atoms with Crippen LogP contribution in [0.4, 0.5) is 0 Å². The molecule has 2 unspecified atom stereocenters. The number of aliphatic carboxylic acids is 1. The summed E-state index contributed by atoms with van der Waals surface area (Å²) in [5, 5.41) is 21.0. The minimum Gasteiger partial charge on any atom is -0.481 e. The standard InChI is InChI=1S/C12H19NO4/c1-7-4-11(9(3)17-7)8(2)13-6-10(14)5-12(15)16/h4,8,10,13-14H,5-6H2,1-3H3,(H,15,16). The van der Waals surface area contributed by atoms with Gasteiger partial charge in [0, 0.05) is 18.2 Å². The molecule has 0 saturated carbocycles. The fourth-order valence-electron chi connectivity index (χ4n) is 1.78. The van der Waals surface area contributed by atoms with Gasteiger partial charge in [-0.1, -0.05) is 0 Å². The molecule has 1 aromatic heterocycles. The van der Waals surface area contributed by atoms with Gasteiger partial charge in [0.1, 0.15) is 11.5 Å². The van der Waals surface area contributed by atoms with Crippen LogP contribution >= 0.6 is 0 Å². The molecular formula is C12H19NO4. The number of carboxylic acids is 1. The molecule has 0 fully saturated rings. The van der Waals surface area contributed by atoms with Crippen LogP contribution in [0.25, 0.3) is 0 Å². The molecule has 96 valence electrons. The van der Waals surface area contributed by atoms with Crippen molar-refractivity contribution < 1.29 is 19.4 Å². The normalized spacial score (nSPS) is 14.6. The lowest BCUT2D eigenvalue weighted by Crippen LogP contribution is -2.30. The van der Waals surface area contributed by atoms with Crippen LogP contribution in [0.3, 0.4) is 0 Å². The third-order valence-electron chi connectivity index (χ3n) is 2.62. The molecule has 0 radical (unpaired) electrons. The van der Waals surface area contributed by atoms with Crippen LogP contribution in [-0.2, 0) is 4.79 Å². The van der Waals surface area contributed by atoms with Crippen molar-refractivity contribution in [3.05, 3.63) is 23.2 Å². The lowest BCUT2D eigenvalue weighted by atomic mass is 10.1. The predicted molar refractivity (Wildman–Crippen MR) is 62.9 cm³/mol. The Morgan fingerprint density at radius 3 is 2.65 bits per heavy atom. The number of carbonyl (C=O) groups is 1. The summed E-state index contributed by atoms with van der Waals surface area (Å²) in [4.78, 5) is 10.4. The summed E-state index contributed by atoms with van der Waals surface area (Å²) >= 11 is 0. The minimum atomic E-state index is -0.998. The number of aryl methyl sites for hydroxylation is 2. The second-order valence-corrected chi connectivity index (χ2v) is 4.25. The molecular weight excluding hydrogens is 222 g/mol. The van der Waals surface area contributed by atoms with E-state index in [4.69, 9.17) is 9.52 Å². The molecule has 3 N–H and O–H groups in total. The van der Waals surface area contributed by atoms with Gasteiger partial charge in [0.25, 0.3) is 0 Å². The Kier molecular flexibility index (Phi) is 4.72. The highest BCUT2D eigenvalue weighted by Gasteiger charge is 2.15. The molecule has 1 aromatic rings. The monoisotopic (exact) mass is 241 g/mol. The number of hydrogen-bond acceptors (Lipinski definition) is 4. The lowest BCUT2D eigenvalue weighted by molar-refractivity contribution is -0.139. The first kappa shape index (κ1) is 13.7. The first-order chi connectivity index (χ1) is 7.90. The maximum absolute atomic E-state index is 10.4. The molecule has 0 spiro atoms. The van der Waals surface area contributed by atoms with Crippen molar-refractivity contribution >= 4 is 5.97 Å². The molecule has 1 heterocycles. The van der Waals surface area contributed by atoms with E-state index in [1.165, 1.54) is 0 Å². The van der Waals surface area contributed by atoms with Crippen molar-refractivity contribution in [2.75, 3.05) is 6.54 Å². The molecule has 0 aliphatic carbocycles. The maximum Gasteiger partial charge on any atom is 0.306 e. The summed E-state index contributed by atoms with van der Waals surface area (Å²) < 4.78 is 5.41. The first-order valence-corrected chi connectivity index (χ1v) is 5.60. The van der Waals surface area contributed by atoms with Gasteiger partial charge in [-0.2, -0.15) is 0 Å². The van der Waals surface area contributed by atoms with Crippen LogP contribution in [0, 0.1) is 13.8 Å². The molecule has 0 bridgehead atoms. The number of carboxylic acid groups (broad SMARTS) is 1. The molecule has 0 aromatic carbocycles. The van der Waals surface area contributed by atoms with Gasteiger partial charge in [-0.3, -0.25) is 4.79 Å². The van der Waals surface area contributed by atoms with E-state index >= 15 is 0 Å². The fourth-order valence-corrected chi connectivity index (χ4v) is 1.78. The Morgan fingerprint density at radius 1 is 1.53 bits per heavy atom. The second-order valence-electron chi connectivity index (χ2n) is 4.25. The van der Waals surface area contributed by atoms with E-state index in [0.717, 1.165) is 17.1 Å². The van der Waals surface area contributed by atoms with Gasteiger partial charge in [0.2, 0.25) is 0 Å². The molecule has 1 rings (SSSR count). The van der Waals surface area contributed by atoms with Crippen LogP contribution in [0.15, 0.2) is 10.5 Å². The summed E-state index contributed by atoms with van der Waals surface area (Å²) in [5.74, 6) is 0.690. The van der Waals surface area contributed by atoms with Crippen LogP contribution in [-0.4, -0.2) is 28.8 Å². The molecule has 0 amide bonds. The molecule has 17 heavy (non-hydrogen) atoms. The van der Waals surface area contributed by atoms with Crippen molar-refractivity contribution in [3.8, 4) is 0 Å². The van der Waals surface area contributed by atoms with E-state index in [9.17, 15) is 9.90 Å². The van der Waals surface area contributed by atoms with Crippen molar-refractivity contribution in [1.29, 1.82) is 0 Å². The van der Waals surface area contributed by atoms with E-state index in [1.807, 2.05) is 26.8 Å². The smallest absolute Gasteiger partial charge is 0.306 e. The molecule has 0 saturated heterocycles. The zero-order valence-corrected chi connectivity index (χ0v) is 10.4. The van der Waals surface area contributed by atoms with E-state index in [0.29, 0.717) is 0 Å². The molecule has 5 heteroatoms. The topological polar surface area (TPSA) is 82.7 Å². The number of furan rings is 1. The third-order valence-corrected chi connectivity index (χ3v) is 2.62. The lowest BCUT2D eigenvalue weighted by Gasteiger charge is -2.15. The van der Waals surface area contributed by atoms with E-state index in [-0.39, 0.29) is 19.0 Å². The summed E-state index contributed by atoms with van der Waals surface area (Å²) in [6, 6.07) is 1.97. The molecule has 0 aliphatic rings. The van der Waals surface area contributed by atoms with E-state index in [2.05, 4.69) is 5.32 Å². The average Bonchev–Trinajstić information content (AvgIpc) is 2.53. The average molecular weight is 241 g/mol. The zero-order valence-electron chi connectivity index (χ0n) is 10.4. The van der Waals surface area contributed by atoms with Gasteiger partial charge < -0.3 is 19.9 Å². The van der Waals surface area contributed by atoms with Crippen molar-refractivity contribution in [3.63, 3.8) is 0 Å². The van der Waals surface area contributed by atoms with Gasteiger partial charge in [0.05, 0.1) is 12.5 Å². The number of aliphatic hydroxyl groups excluding tert-OH is 1. The van der Waals surface area contributed by atoms with Gasteiger partial charge in [-0.15, -0.1) is 0 Å². The fraction of sp³-hybridized carbons (Fsp3) is 0.583. The van der Waals surface area contributed by atoms with E-state index < -0.39 is 12.1 Å². The Bertz CT molecular complexity index is 386. The van der Waals surface area contributed by atoms with Gasteiger partial charge in [0.15, 0.2) is 0 Å². The predicted octanol–water partition coefficient (Wildman–Crippen LogP) is 1.38. The Labute approximate surface area is 100 Å². The van der Waals surface area contributed by atoms with Gasteiger partial charge in [-0.25, -0.2) is 0 Å². The highest BCUT2D eigenvalue weighted by molar-refractivity contribution is 5.67. The number of rotatable bonds is 6. The van der Waals surface area contributed by atoms with Crippen LogP contribution in [0.5, 0.6) is 0 Å². The second kappa shape index (κ2) is 5.84. The minimum absolute atomic E-state index is 0.0240. The van der Waals surface area contributed by atoms with Crippen molar-refractivity contribution in [2.24, 2.45) is 0 Å². The Balaban J connectivity index is 2.47. The van der Waals surface area contributed by atoms with Crippen LogP contribution in [0.2, 0.25) is 0 Å². The summed E-state index contributed by atoms with van der Waals surface area (Å²) in [7, 11) is 0. The molecule has 0 aliphatic heterocycles. The molecule has 5 nitrogen and oxygen atoms in total. The number of aliphatic hydroxyl groups is 1. The Hall–Kier alpha value is -1.33. The maximum atomic E-state index is 10.4. The van der Waals surface area contributed by atoms with Crippen LogP contribution < -0.4 is 5.32 Å². The first-order valence-electron chi connectivity index (χ1n) is 5.60. The highest BCUT2D eigenvalue weighted by atomic mass is 16.4. The van der Waals surface area contributed by atoms with Crippen LogP contribution in [0.1, 0.15) is 36.5 Å². The van der Waals surface area contributed by atoms with Gasteiger partial charge in [-0.05, 0) is 26.8 Å². The summed E-state index contributed by atoms with van der Waals surface area (Å²) in [6.45, 7) is 5.96. The number of nitrogens with one attached hydrogen (secondary N) is 1. The Morgan fingerprint density at radius 2 is 2.18 bits per heavy atom. The molecule has 2 atom stereocenters. The third kappa shape index (κ3) is 4.20. The highest BCUT2D eigenvalue weighted by Crippen LogP contribution is 2.20.